The van der Waals surface area contributed by atoms with Gasteiger partial charge in [0.2, 0.25) is 5.91 Å². The minimum Gasteiger partial charge on any atom is -0.482 e. The van der Waals surface area contributed by atoms with Crippen LogP contribution < -0.4 is 10.1 Å². The van der Waals surface area contributed by atoms with Crippen molar-refractivity contribution < 1.29 is 19.4 Å². The summed E-state index contributed by atoms with van der Waals surface area (Å²) in [6.45, 7) is -0.418. The molecule has 1 aliphatic rings. The number of aliphatic carboxylic acids is 1. The fourth-order valence-corrected chi connectivity index (χ4v) is 3.57. The second-order valence-corrected chi connectivity index (χ2v) is 6.27. The van der Waals surface area contributed by atoms with Crippen LogP contribution >= 0.6 is 0 Å². The van der Waals surface area contributed by atoms with E-state index in [4.69, 9.17) is 9.84 Å². The van der Waals surface area contributed by atoms with Gasteiger partial charge in [0.15, 0.2) is 6.61 Å². The number of hydrogen-bond acceptors (Lipinski definition) is 3. The molecular formula is C21H17NO4. The number of ether oxygens (including phenoxy) is 1. The number of fused-ring (bicyclic) bond motifs is 3. The molecule has 4 rings (SSSR count). The Labute approximate surface area is 150 Å². The lowest BCUT2D eigenvalue weighted by atomic mass is 9.81. The lowest BCUT2D eigenvalue weighted by Crippen LogP contribution is -2.24. The van der Waals surface area contributed by atoms with Gasteiger partial charge in [-0.15, -0.1) is 0 Å². The van der Waals surface area contributed by atoms with Gasteiger partial charge in [-0.05, 0) is 28.5 Å². The second kappa shape index (κ2) is 6.52. The Morgan fingerprint density at radius 1 is 1.08 bits per heavy atom. The van der Waals surface area contributed by atoms with Crippen LogP contribution in [0.25, 0.3) is 10.8 Å². The standard InChI is InChI=1S/C21H17NO4/c23-19-11-16(15-7-3-4-8-18(15)26-12-20(24)25)21-14-6-2-1-5-13(14)9-10-17(21)22-19/h1-10,16H,11-12H2,(H,22,23)(H,24,25)/t16-/m0/s1. The zero-order valence-electron chi connectivity index (χ0n) is 13.9. The number of rotatable bonds is 4. The normalized spacial score (nSPS) is 16.0. The van der Waals surface area contributed by atoms with Crippen molar-refractivity contribution in [1.29, 1.82) is 0 Å². The van der Waals surface area contributed by atoms with Gasteiger partial charge in [0.05, 0.1) is 0 Å². The molecule has 0 fully saturated rings. The summed E-state index contributed by atoms with van der Waals surface area (Å²) in [5.74, 6) is -0.804. The Kier molecular flexibility index (Phi) is 4.05. The van der Waals surface area contributed by atoms with Crippen molar-refractivity contribution in [2.24, 2.45) is 0 Å². The van der Waals surface area contributed by atoms with E-state index < -0.39 is 12.6 Å². The first-order valence-electron chi connectivity index (χ1n) is 8.38. The van der Waals surface area contributed by atoms with Gasteiger partial charge in [-0.1, -0.05) is 48.5 Å². The summed E-state index contributed by atoms with van der Waals surface area (Å²) in [7, 11) is 0. The summed E-state index contributed by atoms with van der Waals surface area (Å²) in [4.78, 5) is 23.2. The number of nitrogens with one attached hydrogen (secondary N) is 1. The van der Waals surface area contributed by atoms with Crippen LogP contribution in [-0.2, 0) is 9.59 Å². The van der Waals surface area contributed by atoms with Crippen molar-refractivity contribution in [3.8, 4) is 5.75 Å². The Hall–Kier alpha value is -3.34. The first-order chi connectivity index (χ1) is 12.6. The van der Waals surface area contributed by atoms with Crippen LogP contribution in [0.1, 0.15) is 23.5 Å². The maximum atomic E-state index is 12.3. The number of para-hydroxylation sites is 1. The zero-order chi connectivity index (χ0) is 18.1. The number of amides is 1. The highest BCUT2D eigenvalue weighted by Crippen LogP contribution is 2.44. The predicted molar refractivity (Wildman–Crippen MR) is 98.6 cm³/mol. The van der Waals surface area contributed by atoms with Crippen LogP contribution in [0.4, 0.5) is 5.69 Å². The molecule has 0 aliphatic carbocycles. The van der Waals surface area contributed by atoms with E-state index in [1.54, 1.807) is 12.1 Å². The molecular weight excluding hydrogens is 330 g/mol. The van der Waals surface area contributed by atoms with E-state index in [0.29, 0.717) is 5.75 Å². The van der Waals surface area contributed by atoms with Gasteiger partial charge in [-0.2, -0.15) is 0 Å². The van der Waals surface area contributed by atoms with Crippen LogP contribution in [0.3, 0.4) is 0 Å². The van der Waals surface area contributed by atoms with E-state index in [9.17, 15) is 9.59 Å². The molecule has 3 aromatic rings. The van der Waals surface area contributed by atoms with Crippen LogP contribution in [0, 0.1) is 0 Å². The monoisotopic (exact) mass is 347 g/mol. The van der Waals surface area contributed by atoms with E-state index in [1.165, 1.54) is 0 Å². The van der Waals surface area contributed by atoms with E-state index in [1.807, 2.05) is 48.5 Å². The molecule has 5 nitrogen and oxygen atoms in total. The highest BCUT2D eigenvalue weighted by Gasteiger charge is 2.30. The maximum Gasteiger partial charge on any atom is 0.341 e. The van der Waals surface area contributed by atoms with Crippen LogP contribution in [-0.4, -0.2) is 23.6 Å². The van der Waals surface area contributed by atoms with Gasteiger partial charge < -0.3 is 15.2 Å². The Morgan fingerprint density at radius 3 is 2.69 bits per heavy atom. The zero-order valence-corrected chi connectivity index (χ0v) is 13.9. The number of hydrogen-bond donors (Lipinski definition) is 2. The largest absolute Gasteiger partial charge is 0.482 e. The third-order valence-electron chi connectivity index (χ3n) is 4.63. The molecule has 1 amide bonds. The summed E-state index contributed by atoms with van der Waals surface area (Å²) in [6.07, 6.45) is 0.286. The quantitative estimate of drug-likeness (QED) is 0.753. The number of carboxylic acids is 1. The van der Waals surface area contributed by atoms with Crippen molar-refractivity contribution in [3.63, 3.8) is 0 Å². The van der Waals surface area contributed by atoms with Crippen molar-refractivity contribution in [1.82, 2.24) is 0 Å². The lowest BCUT2D eigenvalue weighted by molar-refractivity contribution is -0.139. The van der Waals surface area contributed by atoms with Crippen LogP contribution in [0.5, 0.6) is 5.75 Å². The smallest absolute Gasteiger partial charge is 0.341 e. The molecule has 2 N–H and O–H groups in total. The van der Waals surface area contributed by atoms with E-state index in [-0.39, 0.29) is 18.2 Å². The first-order valence-corrected chi connectivity index (χ1v) is 8.38. The maximum absolute atomic E-state index is 12.3. The van der Waals surface area contributed by atoms with Gasteiger partial charge in [0, 0.05) is 23.6 Å². The Morgan fingerprint density at radius 2 is 1.85 bits per heavy atom. The highest BCUT2D eigenvalue weighted by atomic mass is 16.5. The Balaban J connectivity index is 1.88. The fourth-order valence-electron chi connectivity index (χ4n) is 3.57. The highest BCUT2D eigenvalue weighted by molar-refractivity contribution is 6.01. The second-order valence-electron chi connectivity index (χ2n) is 6.27. The van der Waals surface area contributed by atoms with Gasteiger partial charge in [-0.3, -0.25) is 4.79 Å². The van der Waals surface area contributed by atoms with Crippen molar-refractivity contribution in [3.05, 3.63) is 71.8 Å². The van der Waals surface area contributed by atoms with E-state index in [2.05, 4.69) is 5.32 Å². The van der Waals surface area contributed by atoms with Crippen LogP contribution in [0.2, 0.25) is 0 Å². The SMILES string of the molecule is O=C(O)COc1ccccc1[C@@H]1CC(=O)Nc2ccc3ccccc3c21. The third-order valence-corrected chi connectivity index (χ3v) is 4.63. The molecule has 3 aromatic carbocycles. The summed E-state index contributed by atoms with van der Waals surface area (Å²) in [5, 5.41) is 14.0. The molecule has 5 heteroatoms. The number of carbonyl (C=O) groups excluding carboxylic acids is 1. The lowest BCUT2D eigenvalue weighted by Gasteiger charge is -2.28. The number of benzene rings is 3. The number of anilines is 1. The molecule has 0 aromatic heterocycles. The van der Waals surface area contributed by atoms with E-state index in [0.717, 1.165) is 27.6 Å². The summed E-state index contributed by atoms with van der Waals surface area (Å²) in [6, 6.07) is 19.3. The van der Waals surface area contributed by atoms with Gasteiger partial charge in [-0.25, -0.2) is 4.79 Å². The Bertz CT molecular complexity index is 1010. The molecule has 1 atom stereocenters. The fraction of sp³-hybridized carbons (Fsp3) is 0.143. The molecule has 0 spiro atoms. The minimum absolute atomic E-state index is 0.0641. The molecule has 130 valence electrons. The summed E-state index contributed by atoms with van der Waals surface area (Å²) >= 11 is 0. The van der Waals surface area contributed by atoms with Crippen molar-refractivity contribution in [2.45, 2.75) is 12.3 Å². The third kappa shape index (κ3) is 2.88. The van der Waals surface area contributed by atoms with Crippen molar-refractivity contribution >= 4 is 28.3 Å². The summed E-state index contributed by atoms with van der Waals surface area (Å²) < 4.78 is 5.48. The molecule has 0 saturated carbocycles. The predicted octanol–water partition coefficient (Wildman–Crippen LogP) is 3.78. The van der Waals surface area contributed by atoms with E-state index >= 15 is 0 Å². The average Bonchev–Trinajstić information content (AvgIpc) is 2.65. The molecule has 26 heavy (non-hydrogen) atoms. The molecule has 0 saturated heterocycles. The molecule has 1 aliphatic heterocycles. The molecule has 0 radical (unpaired) electrons. The average molecular weight is 347 g/mol. The number of carboxylic acid groups (broad SMARTS) is 1. The summed E-state index contributed by atoms with van der Waals surface area (Å²) in [5.41, 5.74) is 2.65. The van der Waals surface area contributed by atoms with Gasteiger partial charge >= 0.3 is 5.97 Å². The van der Waals surface area contributed by atoms with Crippen LogP contribution in [0.15, 0.2) is 60.7 Å². The molecule has 0 bridgehead atoms. The van der Waals surface area contributed by atoms with Gasteiger partial charge in [0.1, 0.15) is 5.75 Å². The van der Waals surface area contributed by atoms with Crippen molar-refractivity contribution in [2.75, 3.05) is 11.9 Å². The molecule has 0 unspecified atom stereocenters. The van der Waals surface area contributed by atoms with Gasteiger partial charge in [0.25, 0.3) is 0 Å². The topological polar surface area (TPSA) is 75.6 Å². The number of carbonyl (C=O) groups is 2. The molecule has 1 heterocycles. The minimum atomic E-state index is -1.04. The first kappa shape index (κ1) is 16.1.